The van der Waals surface area contributed by atoms with E-state index in [1.54, 1.807) is 19.4 Å². The molecule has 3 fully saturated rings. The standard InChI is InChI=1S/C25H24FN7O2/c1-35-23-5-2-15(8-29-23)10-32-18-7-19(32)13-31(12-18)22-4-3-16(9-28-22)20-6-17(27)11-33-24(20)21(14-34)25(26)30-33/h2-6,8-9,11,14,18-19H,7,10,12-13,27H2,1H3. The van der Waals surface area contributed by atoms with Gasteiger partial charge in [0.05, 0.1) is 30.1 Å². The molecule has 3 saturated heterocycles. The monoisotopic (exact) mass is 473 g/mol. The molecule has 3 aliphatic rings. The summed E-state index contributed by atoms with van der Waals surface area (Å²) in [5.41, 5.74) is 9.23. The lowest BCUT2D eigenvalue weighted by molar-refractivity contribution is -0.00876. The molecule has 178 valence electrons. The van der Waals surface area contributed by atoms with Gasteiger partial charge in [-0.2, -0.15) is 4.39 Å². The van der Waals surface area contributed by atoms with E-state index < -0.39 is 5.95 Å². The highest BCUT2D eigenvalue weighted by Gasteiger charge is 2.44. The molecule has 7 rings (SSSR count). The van der Waals surface area contributed by atoms with Crippen LogP contribution in [0.4, 0.5) is 15.9 Å². The van der Waals surface area contributed by atoms with Gasteiger partial charge in [-0.15, -0.1) is 5.10 Å². The van der Waals surface area contributed by atoms with E-state index in [9.17, 15) is 9.18 Å². The molecule has 4 aromatic heterocycles. The number of nitrogens with two attached hydrogens (primary N) is 1. The van der Waals surface area contributed by atoms with Crippen LogP contribution < -0.4 is 15.4 Å². The summed E-state index contributed by atoms with van der Waals surface area (Å²) in [6.45, 7) is 2.68. The SMILES string of the molecule is COc1ccc(CN2C3CC2CN(c2ccc(-c4cc(N)cn5nc(F)c(C=O)c45)cn2)C3)cn1. The molecule has 2 atom stereocenters. The highest BCUT2D eigenvalue weighted by Crippen LogP contribution is 2.36. The van der Waals surface area contributed by atoms with Gasteiger partial charge in [0.1, 0.15) is 5.82 Å². The fraction of sp³-hybridized carbons (Fsp3) is 0.280. The first kappa shape index (κ1) is 21.5. The Morgan fingerprint density at radius 1 is 1.17 bits per heavy atom. The highest BCUT2D eigenvalue weighted by atomic mass is 19.1. The van der Waals surface area contributed by atoms with Crippen molar-refractivity contribution in [1.82, 2.24) is 24.5 Å². The van der Waals surface area contributed by atoms with Crippen molar-refractivity contribution in [2.24, 2.45) is 0 Å². The summed E-state index contributed by atoms with van der Waals surface area (Å²) in [6, 6.07) is 10.5. The number of fused-ring (bicyclic) bond motifs is 3. The van der Waals surface area contributed by atoms with Gasteiger partial charge in [0.2, 0.25) is 11.8 Å². The zero-order valence-electron chi connectivity index (χ0n) is 19.1. The van der Waals surface area contributed by atoms with Crippen LogP contribution in [0.25, 0.3) is 16.6 Å². The van der Waals surface area contributed by atoms with Crippen molar-refractivity contribution in [2.45, 2.75) is 25.0 Å². The maximum atomic E-state index is 14.1. The molecule has 0 aliphatic carbocycles. The molecule has 7 heterocycles. The molecule has 2 bridgehead atoms. The number of piperazine rings is 1. The fourth-order valence-corrected chi connectivity index (χ4v) is 5.22. The van der Waals surface area contributed by atoms with Gasteiger partial charge < -0.3 is 15.4 Å². The van der Waals surface area contributed by atoms with Crippen molar-refractivity contribution in [3.63, 3.8) is 0 Å². The lowest BCUT2D eigenvalue weighted by atomic mass is 9.87. The number of hydrogen-bond donors (Lipinski definition) is 1. The minimum absolute atomic E-state index is 0.0904. The molecule has 0 saturated carbocycles. The molecule has 0 spiro atoms. The lowest BCUT2D eigenvalue weighted by Crippen LogP contribution is -2.68. The number of piperidine rings is 1. The Kier molecular flexibility index (Phi) is 5.10. The zero-order valence-corrected chi connectivity index (χ0v) is 19.1. The predicted molar refractivity (Wildman–Crippen MR) is 129 cm³/mol. The summed E-state index contributed by atoms with van der Waals surface area (Å²) < 4.78 is 20.6. The fourth-order valence-electron chi connectivity index (χ4n) is 5.22. The number of methoxy groups -OCH3 is 1. The number of nitrogens with zero attached hydrogens (tertiary/aromatic N) is 6. The van der Waals surface area contributed by atoms with Crippen molar-refractivity contribution in [3.8, 4) is 17.0 Å². The number of aromatic nitrogens is 4. The number of anilines is 2. The van der Waals surface area contributed by atoms with Gasteiger partial charge in [-0.3, -0.25) is 9.69 Å². The third kappa shape index (κ3) is 3.66. The van der Waals surface area contributed by atoms with E-state index in [4.69, 9.17) is 15.5 Å². The average Bonchev–Trinajstić information content (AvgIpc) is 3.21. The predicted octanol–water partition coefficient (Wildman–Crippen LogP) is 2.80. The minimum Gasteiger partial charge on any atom is -0.481 e. The van der Waals surface area contributed by atoms with Gasteiger partial charge in [-0.05, 0) is 30.2 Å². The Morgan fingerprint density at radius 2 is 2.00 bits per heavy atom. The van der Waals surface area contributed by atoms with Gasteiger partial charge in [0, 0.05) is 61.3 Å². The van der Waals surface area contributed by atoms with E-state index in [1.807, 2.05) is 24.4 Å². The molecule has 9 nitrogen and oxygen atoms in total. The van der Waals surface area contributed by atoms with Crippen LogP contribution in [-0.2, 0) is 6.54 Å². The van der Waals surface area contributed by atoms with Crippen LogP contribution in [0.15, 0.2) is 48.9 Å². The second-order valence-electron chi connectivity index (χ2n) is 9.04. The van der Waals surface area contributed by atoms with Gasteiger partial charge in [-0.25, -0.2) is 14.5 Å². The molecule has 2 N–H and O–H groups in total. The average molecular weight is 474 g/mol. The number of rotatable bonds is 6. The van der Waals surface area contributed by atoms with E-state index in [2.05, 4.69) is 25.9 Å². The molecule has 35 heavy (non-hydrogen) atoms. The van der Waals surface area contributed by atoms with Crippen molar-refractivity contribution in [1.29, 1.82) is 0 Å². The van der Waals surface area contributed by atoms with E-state index in [0.717, 1.165) is 31.0 Å². The van der Waals surface area contributed by atoms with Crippen molar-refractivity contribution in [2.75, 3.05) is 30.8 Å². The number of carbonyl (C=O) groups is 1. The van der Waals surface area contributed by atoms with E-state index in [-0.39, 0.29) is 5.56 Å². The third-order valence-electron chi connectivity index (χ3n) is 6.96. The number of nitrogen functional groups attached to an aromatic ring is 1. The maximum absolute atomic E-state index is 14.1. The number of pyridine rings is 3. The van der Waals surface area contributed by atoms with Crippen LogP contribution >= 0.6 is 0 Å². The lowest BCUT2D eigenvalue weighted by Gasteiger charge is -2.56. The Labute approximate surface area is 200 Å². The quantitative estimate of drug-likeness (QED) is 0.427. The van der Waals surface area contributed by atoms with Crippen LogP contribution in [0.5, 0.6) is 5.88 Å². The molecular weight excluding hydrogens is 449 g/mol. The smallest absolute Gasteiger partial charge is 0.244 e. The maximum Gasteiger partial charge on any atom is 0.244 e. The van der Waals surface area contributed by atoms with E-state index >= 15 is 0 Å². The topological polar surface area (TPSA) is 102 Å². The van der Waals surface area contributed by atoms with E-state index in [1.165, 1.54) is 22.7 Å². The first-order chi connectivity index (χ1) is 17.0. The summed E-state index contributed by atoms with van der Waals surface area (Å²) in [6.07, 6.45) is 6.77. The van der Waals surface area contributed by atoms with Gasteiger partial charge in [0.25, 0.3) is 0 Å². The normalized spacial score (nSPS) is 19.5. The van der Waals surface area contributed by atoms with Gasteiger partial charge in [0.15, 0.2) is 6.29 Å². The van der Waals surface area contributed by atoms with E-state index in [0.29, 0.717) is 41.0 Å². The van der Waals surface area contributed by atoms with Crippen LogP contribution in [0.1, 0.15) is 22.3 Å². The molecule has 4 aromatic rings. The Hall–Kier alpha value is -4.05. The zero-order chi connectivity index (χ0) is 24.1. The number of halogens is 1. The van der Waals surface area contributed by atoms with Gasteiger partial charge in [-0.1, -0.05) is 6.07 Å². The Bertz CT molecular complexity index is 1390. The largest absolute Gasteiger partial charge is 0.481 e. The third-order valence-corrected chi connectivity index (χ3v) is 6.96. The van der Waals surface area contributed by atoms with Crippen LogP contribution in [0.3, 0.4) is 0 Å². The van der Waals surface area contributed by atoms with Crippen molar-refractivity contribution >= 4 is 23.3 Å². The van der Waals surface area contributed by atoms with Crippen LogP contribution in [-0.4, -0.2) is 63.1 Å². The molecule has 0 aromatic carbocycles. The second-order valence-corrected chi connectivity index (χ2v) is 9.04. The second kappa shape index (κ2) is 8.31. The van der Waals surface area contributed by atoms with Crippen LogP contribution in [0.2, 0.25) is 0 Å². The number of aldehydes is 1. The molecule has 3 aliphatic heterocycles. The summed E-state index contributed by atoms with van der Waals surface area (Å²) in [5.74, 6) is 0.696. The summed E-state index contributed by atoms with van der Waals surface area (Å²) in [4.78, 5) is 25.3. The first-order valence-corrected chi connectivity index (χ1v) is 11.4. The molecule has 2 unspecified atom stereocenters. The van der Waals surface area contributed by atoms with Gasteiger partial charge >= 0.3 is 0 Å². The minimum atomic E-state index is -0.820. The Balaban J connectivity index is 1.19. The number of ether oxygens (including phenoxy) is 1. The molecule has 0 amide bonds. The Morgan fingerprint density at radius 3 is 2.66 bits per heavy atom. The summed E-state index contributed by atoms with van der Waals surface area (Å²) in [7, 11) is 1.62. The highest BCUT2D eigenvalue weighted by molar-refractivity contribution is 5.95. The number of carbonyl (C=O) groups excluding carboxylic acids is 1. The molecular formula is C25H24FN7O2. The van der Waals surface area contributed by atoms with Crippen molar-refractivity contribution in [3.05, 3.63) is 66.0 Å². The van der Waals surface area contributed by atoms with Crippen molar-refractivity contribution < 1.29 is 13.9 Å². The number of hydrogen-bond acceptors (Lipinski definition) is 8. The van der Waals surface area contributed by atoms with Crippen LogP contribution in [0, 0.1) is 5.95 Å². The summed E-state index contributed by atoms with van der Waals surface area (Å²) >= 11 is 0. The molecule has 10 heteroatoms. The molecule has 0 radical (unpaired) electrons. The first-order valence-electron chi connectivity index (χ1n) is 11.4. The summed E-state index contributed by atoms with van der Waals surface area (Å²) in [5, 5.41) is 3.78.